The van der Waals surface area contributed by atoms with Gasteiger partial charge in [0.25, 0.3) is 0 Å². The van der Waals surface area contributed by atoms with Gasteiger partial charge in [0.2, 0.25) is 0 Å². The van der Waals surface area contributed by atoms with Crippen LogP contribution in [0.4, 0.5) is 0 Å². The first-order chi connectivity index (χ1) is 8.34. The van der Waals surface area contributed by atoms with Gasteiger partial charge in [-0.05, 0) is 32.2 Å². The van der Waals surface area contributed by atoms with Gasteiger partial charge in [0.1, 0.15) is 0 Å². The first-order valence-electron chi connectivity index (χ1n) is 7.26. The highest BCUT2D eigenvalue weighted by Crippen LogP contribution is 2.24. The summed E-state index contributed by atoms with van der Waals surface area (Å²) in [7, 11) is 2.23. The molecular formula is C14H27NO2. The van der Waals surface area contributed by atoms with Crippen molar-refractivity contribution < 1.29 is 9.47 Å². The van der Waals surface area contributed by atoms with E-state index in [1.165, 1.54) is 38.6 Å². The zero-order valence-corrected chi connectivity index (χ0v) is 11.2. The van der Waals surface area contributed by atoms with E-state index in [1.807, 2.05) is 0 Å². The lowest BCUT2D eigenvalue weighted by atomic mass is 9.89. The van der Waals surface area contributed by atoms with E-state index in [2.05, 4.69) is 11.9 Å². The zero-order valence-electron chi connectivity index (χ0n) is 11.2. The van der Waals surface area contributed by atoms with Crippen molar-refractivity contribution in [2.75, 3.05) is 33.4 Å². The number of ether oxygens (including phenoxy) is 2. The first-order valence-corrected chi connectivity index (χ1v) is 7.26. The fourth-order valence-electron chi connectivity index (χ4n) is 2.93. The van der Waals surface area contributed by atoms with Crippen LogP contribution in [0.15, 0.2) is 0 Å². The minimum atomic E-state index is 0.0533. The highest BCUT2D eigenvalue weighted by molar-refractivity contribution is 4.69. The third-order valence-corrected chi connectivity index (χ3v) is 3.94. The number of hydrogen-bond donors (Lipinski definition) is 0. The molecule has 1 aliphatic heterocycles. The summed E-state index contributed by atoms with van der Waals surface area (Å²) in [5, 5.41) is 0. The minimum Gasteiger partial charge on any atom is -0.353 e. The van der Waals surface area contributed by atoms with Crippen molar-refractivity contribution in [1.82, 2.24) is 4.90 Å². The molecule has 0 N–H and O–H groups in total. The molecule has 2 rings (SSSR count). The number of hydrogen-bond acceptors (Lipinski definition) is 3. The van der Waals surface area contributed by atoms with Crippen LogP contribution in [0.25, 0.3) is 0 Å². The second-order valence-electron chi connectivity index (χ2n) is 5.58. The average molecular weight is 241 g/mol. The van der Waals surface area contributed by atoms with Crippen LogP contribution in [0.5, 0.6) is 0 Å². The van der Waals surface area contributed by atoms with E-state index in [-0.39, 0.29) is 6.29 Å². The fourth-order valence-corrected chi connectivity index (χ4v) is 2.93. The largest absolute Gasteiger partial charge is 0.353 e. The third-order valence-electron chi connectivity index (χ3n) is 3.94. The quantitative estimate of drug-likeness (QED) is 0.738. The molecule has 0 unspecified atom stereocenters. The molecule has 3 nitrogen and oxygen atoms in total. The molecule has 100 valence electrons. The van der Waals surface area contributed by atoms with E-state index < -0.39 is 0 Å². The fraction of sp³-hybridized carbons (Fsp3) is 1.00. The van der Waals surface area contributed by atoms with Gasteiger partial charge >= 0.3 is 0 Å². The van der Waals surface area contributed by atoms with Crippen LogP contribution in [-0.2, 0) is 9.47 Å². The molecular weight excluding hydrogens is 214 g/mol. The molecule has 2 fully saturated rings. The van der Waals surface area contributed by atoms with Gasteiger partial charge in [-0.1, -0.05) is 19.3 Å². The van der Waals surface area contributed by atoms with Crippen molar-refractivity contribution >= 4 is 0 Å². The van der Waals surface area contributed by atoms with Crippen LogP contribution in [0.2, 0.25) is 0 Å². The summed E-state index contributed by atoms with van der Waals surface area (Å²) in [6, 6.07) is 0. The van der Waals surface area contributed by atoms with Gasteiger partial charge in [0.05, 0.1) is 13.2 Å². The van der Waals surface area contributed by atoms with Gasteiger partial charge in [0, 0.05) is 19.5 Å². The van der Waals surface area contributed by atoms with Gasteiger partial charge in [-0.25, -0.2) is 0 Å². The molecule has 0 aromatic carbocycles. The van der Waals surface area contributed by atoms with Crippen LogP contribution in [0, 0.1) is 5.92 Å². The van der Waals surface area contributed by atoms with Crippen molar-refractivity contribution in [1.29, 1.82) is 0 Å². The molecule has 1 saturated carbocycles. The summed E-state index contributed by atoms with van der Waals surface area (Å²) >= 11 is 0. The van der Waals surface area contributed by atoms with Crippen LogP contribution < -0.4 is 0 Å². The summed E-state index contributed by atoms with van der Waals surface area (Å²) < 4.78 is 11.1. The van der Waals surface area contributed by atoms with E-state index in [0.717, 1.165) is 38.5 Å². The molecule has 0 spiro atoms. The Labute approximate surface area is 105 Å². The third kappa shape index (κ3) is 4.94. The van der Waals surface area contributed by atoms with Crippen molar-refractivity contribution in [3.05, 3.63) is 0 Å². The van der Waals surface area contributed by atoms with Gasteiger partial charge in [-0.15, -0.1) is 0 Å². The predicted molar refractivity (Wildman–Crippen MR) is 69.0 cm³/mol. The summed E-state index contributed by atoms with van der Waals surface area (Å²) in [5.41, 5.74) is 0. The van der Waals surface area contributed by atoms with E-state index in [1.54, 1.807) is 0 Å². The van der Waals surface area contributed by atoms with Crippen molar-refractivity contribution in [2.45, 2.75) is 51.2 Å². The van der Waals surface area contributed by atoms with Crippen LogP contribution in [-0.4, -0.2) is 44.5 Å². The van der Waals surface area contributed by atoms with Crippen LogP contribution in [0.3, 0.4) is 0 Å². The van der Waals surface area contributed by atoms with E-state index in [9.17, 15) is 0 Å². The molecule has 0 amide bonds. The Kier molecular flexibility index (Phi) is 5.75. The molecule has 17 heavy (non-hydrogen) atoms. The zero-order chi connectivity index (χ0) is 11.9. The minimum absolute atomic E-state index is 0.0533. The monoisotopic (exact) mass is 241 g/mol. The Morgan fingerprint density at radius 2 is 1.71 bits per heavy atom. The van der Waals surface area contributed by atoms with E-state index >= 15 is 0 Å². The topological polar surface area (TPSA) is 21.7 Å². The standard InChI is InChI=1S/C14H27NO2/c1-15(12-13-6-3-2-4-7-13)9-8-14-16-10-5-11-17-14/h13-14H,2-12H2,1H3. The maximum atomic E-state index is 5.57. The summed E-state index contributed by atoms with van der Waals surface area (Å²) in [4.78, 5) is 2.46. The molecule has 3 heteroatoms. The predicted octanol–water partition coefficient (Wildman–Crippen LogP) is 2.65. The summed E-state index contributed by atoms with van der Waals surface area (Å²) in [6.45, 7) is 4.10. The summed E-state index contributed by atoms with van der Waals surface area (Å²) in [5.74, 6) is 0.932. The van der Waals surface area contributed by atoms with E-state index in [4.69, 9.17) is 9.47 Å². The molecule has 0 aromatic heterocycles. The normalized spacial score (nSPS) is 24.4. The van der Waals surface area contributed by atoms with Crippen molar-refractivity contribution in [3.63, 3.8) is 0 Å². The van der Waals surface area contributed by atoms with Gasteiger partial charge < -0.3 is 14.4 Å². The maximum Gasteiger partial charge on any atom is 0.158 e. The maximum absolute atomic E-state index is 5.57. The van der Waals surface area contributed by atoms with Gasteiger partial charge in [-0.3, -0.25) is 0 Å². The molecule has 1 heterocycles. The van der Waals surface area contributed by atoms with Crippen molar-refractivity contribution in [2.24, 2.45) is 5.92 Å². The molecule has 0 aromatic rings. The highest BCUT2D eigenvalue weighted by Gasteiger charge is 2.18. The Bertz CT molecular complexity index is 198. The SMILES string of the molecule is CN(CCC1OCCCO1)CC1CCCCC1. The molecule has 1 aliphatic carbocycles. The lowest BCUT2D eigenvalue weighted by molar-refractivity contribution is -0.182. The van der Waals surface area contributed by atoms with Crippen LogP contribution in [0.1, 0.15) is 44.9 Å². The van der Waals surface area contributed by atoms with E-state index in [0.29, 0.717) is 0 Å². The Morgan fingerprint density at radius 1 is 1.00 bits per heavy atom. The number of nitrogens with zero attached hydrogens (tertiary/aromatic N) is 1. The first kappa shape index (κ1) is 13.3. The molecule has 0 radical (unpaired) electrons. The Balaban J connectivity index is 1.57. The molecule has 0 bridgehead atoms. The van der Waals surface area contributed by atoms with Crippen molar-refractivity contribution in [3.8, 4) is 0 Å². The van der Waals surface area contributed by atoms with Gasteiger partial charge in [0.15, 0.2) is 6.29 Å². The number of rotatable bonds is 5. The second kappa shape index (κ2) is 7.34. The van der Waals surface area contributed by atoms with Crippen LogP contribution >= 0.6 is 0 Å². The lowest BCUT2D eigenvalue weighted by Gasteiger charge is -2.29. The Morgan fingerprint density at radius 3 is 2.41 bits per heavy atom. The average Bonchev–Trinajstić information content (AvgIpc) is 2.39. The smallest absolute Gasteiger partial charge is 0.158 e. The van der Waals surface area contributed by atoms with Gasteiger partial charge in [-0.2, -0.15) is 0 Å². The molecule has 1 saturated heterocycles. The molecule has 2 aliphatic rings. The lowest BCUT2D eigenvalue weighted by Crippen LogP contribution is -2.32. The second-order valence-corrected chi connectivity index (χ2v) is 5.58. The Hall–Kier alpha value is -0.120. The summed E-state index contributed by atoms with van der Waals surface area (Å²) in [6.07, 6.45) is 9.31. The highest BCUT2D eigenvalue weighted by atomic mass is 16.7. The molecule has 0 atom stereocenters.